The average Bonchev–Trinajstić information content (AvgIpc) is 3.36. The Hall–Kier alpha value is -0.160. The summed E-state index contributed by atoms with van der Waals surface area (Å²) >= 11 is 0. The van der Waals surface area contributed by atoms with Crippen molar-refractivity contribution < 1.29 is 14.9 Å². The van der Waals surface area contributed by atoms with E-state index in [9.17, 15) is 10.2 Å². The third-order valence-electron chi connectivity index (χ3n) is 13.3. The van der Waals surface area contributed by atoms with Crippen LogP contribution < -0.4 is 5.32 Å². The van der Waals surface area contributed by atoms with Crippen molar-refractivity contribution in [2.75, 3.05) is 13.6 Å². The summed E-state index contributed by atoms with van der Waals surface area (Å²) in [6, 6.07) is 0. The van der Waals surface area contributed by atoms with Gasteiger partial charge in [0.1, 0.15) is 0 Å². The molecule has 6 fully saturated rings. The zero-order valence-corrected chi connectivity index (χ0v) is 21.3. The minimum absolute atomic E-state index is 0.0145. The highest BCUT2D eigenvalue weighted by molar-refractivity contribution is 5.32. The number of likely N-dealkylation sites (N-methyl/N-ethyl adjacent to an activating group) is 1. The minimum Gasteiger partial charge on any atom is -0.393 e. The second kappa shape index (κ2) is 6.53. The van der Waals surface area contributed by atoms with Gasteiger partial charge in [-0.15, -0.1) is 0 Å². The van der Waals surface area contributed by atoms with Crippen molar-refractivity contribution in [2.24, 2.45) is 50.7 Å². The highest BCUT2D eigenvalue weighted by Gasteiger charge is 2.84. The fraction of sp³-hybridized carbons (Fsp3) is 1.00. The average molecular weight is 446 g/mol. The van der Waals surface area contributed by atoms with E-state index in [-0.39, 0.29) is 40.7 Å². The summed E-state index contributed by atoms with van der Waals surface area (Å²) in [6.07, 6.45) is 9.31. The zero-order valence-electron chi connectivity index (χ0n) is 21.3. The van der Waals surface area contributed by atoms with Gasteiger partial charge in [0.2, 0.25) is 0 Å². The Kier molecular flexibility index (Phi) is 4.55. The monoisotopic (exact) mass is 445 g/mol. The fourth-order valence-electron chi connectivity index (χ4n) is 11.8. The van der Waals surface area contributed by atoms with Crippen molar-refractivity contribution in [3.63, 3.8) is 0 Å². The van der Waals surface area contributed by atoms with Gasteiger partial charge in [-0.1, -0.05) is 34.6 Å². The smallest absolute Gasteiger partial charge is 0.0880 e. The van der Waals surface area contributed by atoms with E-state index in [1.807, 2.05) is 7.05 Å². The molecule has 0 aromatic carbocycles. The largest absolute Gasteiger partial charge is 0.393 e. The molecule has 12 atom stereocenters. The van der Waals surface area contributed by atoms with E-state index < -0.39 is 0 Å². The lowest BCUT2D eigenvalue weighted by molar-refractivity contribution is -0.182. The third kappa shape index (κ3) is 2.26. The van der Waals surface area contributed by atoms with Gasteiger partial charge in [-0.25, -0.2) is 0 Å². The lowest BCUT2D eigenvalue weighted by Crippen LogP contribution is -2.59. The van der Waals surface area contributed by atoms with E-state index >= 15 is 0 Å². The van der Waals surface area contributed by atoms with Crippen LogP contribution >= 0.6 is 0 Å². The van der Waals surface area contributed by atoms with Crippen LogP contribution in [0, 0.1) is 50.7 Å². The number of ether oxygens (including phenoxy) is 1. The van der Waals surface area contributed by atoms with E-state index in [0.717, 1.165) is 19.4 Å². The normalized spacial score (nSPS) is 62.2. The number of rotatable bonds is 2. The highest BCUT2D eigenvalue weighted by Crippen LogP contribution is 2.89. The van der Waals surface area contributed by atoms with E-state index in [1.165, 1.54) is 38.5 Å². The Labute approximate surface area is 195 Å². The molecule has 4 nitrogen and oxygen atoms in total. The maximum Gasteiger partial charge on any atom is 0.0880 e. The first kappa shape index (κ1) is 22.3. The molecule has 0 aromatic rings. The predicted molar refractivity (Wildman–Crippen MR) is 126 cm³/mol. The molecule has 2 spiro atoms. The van der Waals surface area contributed by atoms with Crippen LogP contribution in [0.25, 0.3) is 0 Å². The molecule has 5 aliphatic carbocycles. The summed E-state index contributed by atoms with van der Waals surface area (Å²) in [5.41, 5.74) is 0.908. The van der Waals surface area contributed by atoms with Gasteiger partial charge >= 0.3 is 0 Å². The first-order chi connectivity index (χ1) is 15.0. The first-order valence-electron chi connectivity index (χ1n) is 13.7. The van der Waals surface area contributed by atoms with Crippen LogP contribution in [0.3, 0.4) is 0 Å². The van der Waals surface area contributed by atoms with E-state index in [4.69, 9.17) is 4.74 Å². The van der Waals surface area contributed by atoms with Gasteiger partial charge in [-0.3, -0.25) is 0 Å². The molecule has 0 bridgehead atoms. The molecule has 6 aliphatic rings. The Morgan fingerprint density at radius 1 is 0.938 bits per heavy atom. The zero-order chi connectivity index (χ0) is 22.9. The molecule has 32 heavy (non-hydrogen) atoms. The fourth-order valence-corrected chi connectivity index (χ4v) is 11.8. The number of aliphatic hydroxyl groups is 2. The van der Waals surface area contributed by atoms with E-state index in [1.54, 1.807) is 0 Å². The molecule has 1 aliphatic heterocycles. The summed E-state index contributed by atoms with van der Waals surface area (Å²) in [7, 11) is 2.00. The van der Waals surface area contributed by atoms with Crippen molar-refractivity contribution in [3.05, 3.63) is 0 Å². The van der Waals surface area contributed by atoms with Crippen molar-refractivity contribution in [1.82, 2.24) is 5.32 Å². The van der Waals surface area contributed by atoms with Crippen LogP contribution in [0.4, 0.5) is 0 Å². The second-order valence-corrected chi connectivity index (χ2v) is 14.2. The Morgan fingerprint density at radius 3 is 2.34 bits per heavy atom. The highest BCUT2D eigenvalue weighted by atomic mass is 16.5. The van der Waals surface area contributed by atoms with Crippen LogP contribution in [0.5, 0.6) is 0 Å². The first-order valence-corrected chi connectivity index (χ1v) is 13.7. The lowest BCUT2D eigenvalue weighted by Gasteiger charge is -2.63. The molecule has 3 N–H and O–H groups in total. The molecule has 0 amide bonds. The van der Waals surface area contributed by atoms with Crippen LogP contribution in [-0.4, -0.2) is 48.2 Å². The second-order valence-electron chi connectivity index (χ2n) is 14.2. The molecule has 4 heteroatoms. The maximum atomic E-state index is 12.1. The van der Waals surface area contributed by atoms with Gasteiger partial charge in [0.15, 0.2) is 0 Å². The molecular weight excluding hydrogens is 398 g/mol. The molecule has 0 radical (unpaired) electrons. The van der Waals surface area contributed by atoms with Gasteiger partial charge in [-0.05, 0) is 104 Å². The van der Waals surface area contributed by atoms with Gasteiger partial charge in [0.05, 0.1) is 24.4 Å². The molecule has 1 saturated heterocycles. The number of fused-ring (bicyclic) bond motifs is 4. The molecule has 182 valence electrons. The summed E-state index contributed by atoms with van der Waals surface area (Å²) in [6.45, 7) is 13.0. The SMILES string of the molecule is CNC[C@H]1C[C@@H](C)C2[C@H](O1)[C@H](O)[C@@]1(C)C3CCC4C(C)(C)[C@@H](O)CC[C@@]45C[C@@]35CC[C@]21C. The number of hydrogen-bond donors (Lipinski definition) is 3. The standard InChI is InChI=1S/C28H47NO3/c1-16-13-17(14-29-6)32-22-21(16)25(4)11-12-28-15-27(28)10-9-20(30)24(2,3)18(27)7-8-19(28)26(25,5)23(22)31/h16-23,29-31H,7-15H2,1-6H3/t16-,17-,18?,19?,20+,21?,22+,23+,25-,26-,27-,28+/m1/s1. The lowest BCUT2D eigenvalue weighted by atomic mass is 9.41. The van der Waals surface area contributed by atoms with Crippen molar-refractivity contribution in [1.29, 1.82) is 0 Å². The quantitative estimate of drug-likeness (QED) is 0.590. The Morgan fingerprint density at radius 2 is 1.62 bits per heavy atom. The molecule has 1 heterocycles. The van der Waals surface area contributed by atoms with E-state index in [2.05, 4.69) is 39.9 Å². The van der Waals surface area contributed by atoms with Gasteiger partial charge in [0, 0.05) is 12.0 Å². The van der Waals surface area contributed by atoms with Crippen LogP contribution in [0.1, 0.15) is 86.0 Å². The molecule has 0 aromatic heterocycles. The van der Waals surface area contributed by atoms with Gasteiger partial charge < -0.3 is 20.3 Å². The number of hydrogen-bond acceptors (Lipinski definition) is 4. The molecule has 6 rings (SSSR count). The van der Waals surface area contributed by atoms with Crippen molar-refractivity contribution in [3.8, 4) is 0 Å². The Balaban J connectivity index is 1.38. The third-order valence-corrected chi connectivity index (χ3v) is 13.3. The molecular formula is C28H47NO3. The van der Waals surface area contributed by atoms with Crippen LogP contribution in [0.15, 0.2) is 0 Å². The topological polar surface area (TPSA) is 61.7 Å². The number of nitrogens with one attached hydrogen (secondary N) is 1. The summed E-state index contributed by atoms with van der Waals surface area (Å²) in [5.74, 6) is 2.29. The molecule has 5 saturated carbocycles. The van der Waals surface area contributed by atoms with Crippen LogP contribution in [0.2, 0.25) is 0 Å². The maximum absolute atomic E-state index is 12.1. The summed E-state index contributed by atoms with van der Waals surface area (Å²) in [5, 5.41) is 26.2. The van der Waals surface area contributed by atoms with Crippen molar-refractivity contribution >= 4 is 0 Å². The van der Waals surface area contributed by atoms with Crippen molar-refractivity contribution in [2.45, 2.75) is 110 Å². The van der Waals surface area contributed by atoms with Gasteiger partial charge in [0.25, 0.3) is 0 Å². The molecule has 3 unspecified atom stereocenters. The minimum atomic E-state index is -0.363. The Bertz CT molecular complexity index is 800. The number of aliphatic hydroxyl groups excluding tert-OH is 2. The van der Waals surface area contributed by atoms with Gasteiger partial charge in [-0.2, -0.15) is 0 Å². The van der Waals surface area contributed by atoms with Crippen LogP contribution in [-0.2, 0) is 4.74 Å². The summed E-state index contributed by atoms with van der Waals surface area (Å²) in [4.78, 5) is 0. The summed E-state index contributed by atoms with van der Waals surface area (Å²) < 4.78 is 6.69. The predicted octanol–water partition coefficient (Wildman–Crippen LogP) is 4.38. The van der Waals surface area contributed by atoms with E-state index in [0.29, 0.717) is 34.5 Å².